The summed E-state index contributed by atoms with van der Waals surface area (Å²) in [6.07, 6.45) is 1.46. The Morgan fingerprint density at radius 3 is 2.81 bits per heavy atom. The molecule has 27 heavy (non-hydrogen) atoms. The molecule has 0 aliphatic carbocycles. The molecule has 138 valence electrons. The number of methoxy groups -OCH3 is 1. The van der Waals surface area contributed by atoms with Crippen molar-refractivity contribution in [1.29, 1.82) is 0 Å². The Morgan fingerprint density at radius 1 is 1.37 bits per heavy atom. The van der Waals surface area contributed by atoms with Crippen molar-refractivity contribution < 1.29 is 23.7 Å². The quantitative estimate of drug-likeness (QED) is 0.486. The van der Waals surface area contributed by atoms with Gasteiger partial charge in [0, 0.05) is 13.0 Å². The number of rotatable bonds is 4. The Morgan fingerprint density at radius 2 is 2.15 bits per heavy atom. The molecule has 0 spiro atoms. The number of nitro benzene ring substituents is 1. The van der Waals surface area contributed by atoms with Gasteiger partial charge in [0.2, 0.25) is 5.91 Å². The lowest BCUT2D eigenvalue weighted by atomic mass is 10.1. The third-order valence-electron chi connectivity index (χ3n) is 3.47. The summed E-state index contributed by atoms with van der Waals surface area (Å²) in [6, 6.07) is 7.58. The van der Waals surface area contributed by atoms with Crippen LogP contribution in [-0.2, 0) is 9.59 Å². The normalized spacial score (nSPS) is 15.0. The zero-order valence-corrected chi connectivity index (χ0v) is 15.0. The zero-order chi connectivity index (χ0) is 19.6. The first-order valence-corrected chi connectivity index (χ1v) is 8.42. The van der Waals surface area contributed by atoms with Crippen molar-refractivity contribution >= 4 is 40.5 Å². The van der Waals surface area contributed by atoms with E-state index in [-0.39, 0.29) is 33.0 Å². The van der Waals surface area contributed by atoms with Crippen molar-refractivity contribution in [2.24, 2.45) is 4.99 Å². The first-order chi connectivity index (χ1) is 12.9. The molecule has 2 amide bonds. The number of nitro groups is 1. The molecule has 0 saturated carbocycles. The zero-order valence-electron chi connectivity index (χ0n) is 14.2. The molecule has 3 rings (SSSR count). The fourth-order valence-corrected chi connectivity index (χ4v) is 3.16. The summed E-state index contributed by atoms with van der Waals surface area (Å²) < 4.78 is 10.6. The molecule has 0 atom stereocenters. The summed E-state index contributed by atoms with van der Waals surface area (Å²) in [6.45, 7) is 1.32. The van der Waals surface area contributed by atoms with Gasteiger partial charge in [-0.15, -0.1) is 0 Å². The van der Waals surface area contributed by atoms with E-state index >= 15 is 0 Å². The number of amides is 2. The molecule has 1 aliphatic rings. The van der Waals surface area contributed by atoms with Crippen LogP contribution in [0.15, 0.2) is 44.6 Å². The molecule has 9 nitrogen and oxygen atoms in total. The van der Waals surface area contributed by atoms with Crippen LogP contribution in [0.3, 0.4) is 0 Å². The van der Waals surface area contributed by atoms with Gasteiger partial charge in [0.15, 0.2) is 5.17 Å². The van der Waals surface area contributed by atoms with Gasteiger partial charge in [0.25, 0.3) is 11.6 Å². The maximum atomic E-state index is 11.9. The molecule has 0 unspecified atom stereocenters. The van der Waals surface area contributed by atoms with Crippen molar-refractivity contribution in [2.75, 3.05) is 7.11 Å². The number of aliphatic imine (C=N–C) groups is 1. The van der Waals surface area contributed by atoms with Gasteiger partial charge in [-0.2, -0.15) is 4.99 Å². The van der Waals surface area contributed by atoms with Crippen LogP contribution in [0.4, 0.5) is 5.69 Å². The van der Waals surface area contributed by atoms with Crippen molar-refractivity contribution in [1.82, 2.24) is 5.32 Å². The molecule has 0 radical (unpaired) electrons. The van der Waals surface area contributed by atoms with E-state index in [0.29, 0.717) is 11.5 Å². The Balaban J connectivity index is 1.87. The van der Waals surface area contributed by atoms with E-state index in [4.69, 9.17) is 9.15 Å². The second-order valence-corrected chi connectivity index (χ2v) is 6.39. The maximum Gasteiger partial charge on any atom is 0.286 e. The predicted molar refractivity (Wildman–Crippen MR) is 99.2 cm³/mol. The number of nitrogens with zero attached hydrogens (tertiary/aromatic N) is 2. The van der Waals surface area contributed by atoms with Crippen LogP contribution in [0.25, 0.3) is 17.4 Å². The van der Waals surface area contributed by atoms with E-state index in [1.54, 1.807) is 18.2 Å². The van der Waals surface area contributed by atoms with E-state index in [2.05, 4.69) is 10.3 Å². The van der Waals surface area contributed by atoms with Crippen LogP contribution < -0.4 is 10.1 Å². The first-order valence-electron chi connectivity index (χ1n) is 7.60. The lowest BCUT2D eigenvalue weighted by Crippen LogP contribution is -2.23. The van der Waals surface area contributed by atoms with E-state index in [1.807, 2.05) is 0 Å². The van der Waals surface area contributed by atoms with Gasteiger partial charge >= 0.3 is 0 Å². The smallest absolute Gasteiger partial charge is 0.286 e. The average molecular weight is 387 g/mol. The van der Waals surface area contributed by atoms with Crippen LogP contribution in [0.1, 0.15) is 12.7 Å². The summed E-state index contributed by atoms with van der Waals surface area (Å²) in [7, 11) is 1.42. The minimum absolute atomic E-state index is 0.162. The minimum atomic E-state index is -0.525. The average Bonchev–Trinajstić information content (AvgIpc) is 3.21. The van der Waals surface area contributed by atoms with Gasteiger partial charge in [-0.25, -0.2) is 0 Å². The molecule has 1 N–H and O–H groups in total. The molecule has 2 heterocycles. The highest BCUT2D eigenvalue weighted by molar-refractivity contribution is 8.18. The molecule has 1 aliphatic heterocycles. The lowest BCUT2D eigenvalue weighted by molar-refractivity contribution is -0.384. The molecule has 10 heteroatoms. The van der Waals surface area contributed by atoms with Crippen molar-refractivity contribution in [3.8, 4) is 17.1 Å². The van der Waals surface area contributed by atoms with E-state index in [1.165, 1.54) is 32.2 Å². The fourth-order valence-electron chi connectivity index (χ4n) is 2.32. The van der Waals surface area contributed by atoms with Crippen LogP contribution in [0.2, 0.25) is 0 Å². The number of thioether (sulfide) groups is 1. The van der Waals surface area contributed by atoms with Gasteiger partial charge in [0.05, 0.1) is 28.6 Å². The van der Waals surface area contributed by atoms with Crippen LogP contribution >= 0.6 is 11.8 Å². The predicted octanol–water partition coefficient (Wildman–Crippen LogP) is 2.97. The van der Waals surface area contributed by atoms with Crippen molar-refractivity contribution in [2.45, 2.75) is 6.92 Å². The van der Waals surface area contributed by atoms with Crippen molar-refractivity contribution in [3.05, 3.63) is 51.1 Å². The Hall–Kier alpha value is -3.40. The number of carbonyl (C=O) groups excluding carboxylic acids is 2. The summed E-state index contributed by atoms with van der Waals surface area (Å²) in [4.78, 5) is 37.7. The van der Waals surface area contributed by atoms with Crippen molar-refractivity contribution in [3.63, 3.8) is 0 Å². The maximum absolute atomic E-state index is 11.9. The molecule has 0 saturated heterocycles. The molecular weight excluding hydrogens is 374 g/mol. The van der Waals surface area contributed by atoms with Gasteiger partial charge in [-0.05, 0) is 36.0 Å². The molecule has 2 aromatic rings. The second kappa shape index (κ2) is 7.46. The van der Waals surface area contributed by atoms with Crippen LogP contribution in [0, 0.1) is 10.1 Å². The van der Waals surface area contributed by atoms with Gasteiger partial charge in [0.1, 0.15) is 17.3 Å². The lowest BCUT2D eigenvalue weighted by Gasteiger charge is -2.03. The third kappa shape index (κ3) is 4.06. The molecule has 1 aromatic carbocycles. The Kier molecular flexibility index (Phi) is 5.08. The van der Waals surface area contributed by atoms with Crippen LogP contribution in [-0.4, -0.2) is 29.0 Å². The van der Waals surface area contributed by atoms with E-state index in [9.17, 15) is 19.7 Å². The Bertz CT molecular complexity index is 1010. The second-order valence-electron chi connectivity index (χ2n) is 5.36. The first kappa shape index (κ1) is 18.4. The number of hydrogen-bond acceptors (Lipinski definition) is 7. The highest BCUT2D eigenvalue weighted by atomic mass is 32.2. The highest BCUT2D eigenvalue weighted by Gasteiger charge is 2.24. The molecular formula is C17H13N3O6S. The van der Waals surface area contributed by atoms with E-state index < -0.39 is 10.8 Å². The number of carbonyl (C=O) groups is 2. The molecule has 0 fully saturated rings. The SMILES string of the molecule is COc1ccc(-c2ccc(C=C3SC(NC(C)=O)=NC3=O)o2)c([N+](=O)[O-])c1. The highest BCUT2D eigenvalue weighted by Crippen LogP contribution is 2.35. The fraction of sp³-hybridized carbons (Fsp3) is 0.118. The number of benzene rings is 1. The number of ether oxygens (including phenoxy) is 1. The van der Waals surface area contributed by atoms with Crippen LogP contribution in [0.5, 0.6) is 5.75 Å². The monoisotopic (exact) mass is 387 g/mol. The third-order valence-corrected chi connectivity index (χ3v) is 4.37. The minimum Gasteiger partial charge on any atom is -0.497 e. The van der Waals surface area contributed by atoms with E-state index in [0.717, 1.165) is 11.8 Å². The summed E-state index contributed by atoms with van der Waals surface area (Å²) in [5.41, 5.74) is 0.122. The number of amidine groups is 1. The standard InChI is InChI=1S/C17H13N3O6S/c1-9(21)18-17-19-16(22)15(27-17)8-11-4-6-14(26-11)12-5-3-10(25-2)7-13(12)20(23)24/h3-8H,1-2H3,(H,18,19,21,22). The molecule has 1 aromatic heterocycles. The molecule has 0 bridgehead atoms. The Labute approximate surface area is 157 Å². The largest absolute Gasteiger partial charge is 0.497 e. The number of nitrogens with one attached hydrogen (secondary N) is 1. The van der Waals surface area contributed by atoms with Gasteiger partial charge < -0.3 is 14.5 Å². The van der Waals surface area contributed by atoms with Gasteiger partial charge in [-0.3, -0.25) is 19.7 Å². The summed E-state index contributed by atoms with van der Waals surface area (Å²) >= 11 is 1.00. The van der Waals surface area contributed by atoms with Gasteiger partial charge in [-0.1, -0.05) is 0 Å². The summed E-state index contributed by atoms with van der Waals surface area (Å²) in [5.74, 6) is 0.120. The number of hydrogen-bond donors (Lipinski definition) is 1. The summed E-state index contributed by atoms with van der Waals surface area (Å²) in [5, 5.41) is 14.0. The number of furan rings is 1. The topological polar surface area (TPSA) is 124 Å².